The van der Waals surface area contributed by atoms with Gasteiger partial charge in [-0.05, 0) is 51.0 Å². The molecule has 4 nitrogen and oxygen atoms in total. The molecular formula is C14H18N2O2. The average Bonchev–Trinajstić information content (AvgIpc) is 2.33. The number of hydrogen-bond acceptors (Lipinski definition) is 3. The molecule has 0 saturated carbocycles. The van der Waals surface area contributed by atoms with Crippen molar-refractivity contribution in [3.63, 3.8) is 0 Å². The summed E-state index contributed by atoms with van der Waals surface area (Å²) in [7, 11) is 0. The van der Waals surface area contributed by atoms with E-state index in [2.05, 4.69) is 11.4 Å². The van der Waals surface area contributed by atoms with Gasteiger partial charge in [0.25, 0.3) is 5.91 Å². The zero-order valence-corrected chi connectivity index (χ0v) is 11.2. The van der Waals surface area contributed by atoms with Crippen molar-refractivity contribution in [1.82, 2.24) is 5.32 Å². The highest BCUT2D eigenvalue weighted by molar-refractivity contribution is 5.80. The van der Waals surface area contributed by atoms with E-state index >= 15 is 0 Å². The normalized spacial score (nSPS) is 11.5. The molecule has 1 atom stereocenters. The second-order valence-electron chi connectivity index (χ2n) is 4.21. The third-order valence-corrected chi connectivity index (χ3v) is 2.60. The standard InChI is InChI=1S/C14H18N2O2/c1-5-16-14(17)11(4)18-13-9(2)6-12(8-15)7-10(13)3/h6-7,11H,5H2,1-4H3,(H,16,17). The fraction of sp³-hybridized carbons (Fsp3) is 0.429. The van der Waals surface area contributed by atoms with Gasteiger partial charge in [-0.25, -0.2) is 0 Å². The first-order valence-electron chi connectivity index (χ1n) is 5.95. The number of hydrogen-bond donors (Lipinski definition) is 1. The quantitative estimate of drug-likeness (QED) is 0.884. The van der Waals surface area contributed by atoms with Gasteiger partial charge in [-0.1, -0.05) is 0 Å². The van der Waals surface area contributed by atoms with Gasteiger partial charge >= 0.3 is 0 Å². The Morgan fingerprint density at radius 3 is 2.44 bits per heavy atom. The van der Waals surface area contributed by atoms with E-state index in [-0.39, 0.29) is 5.91 Å². The maximum absolute atomic E-state index is 11.6. The number of likely N-dealkylation sites (N-methyl/N-ethyl adjacent to an activating group) is 1. The number of nitrogens with one attached hydrogen (secondary N) is 1. The van der Waals surface area contributed by atoms with Gasteiger partial charge in [-0.15, -0.1) is 0 Å². The summed E-state index contributed by atoms with van der Waals surface area (Å²) in [6.07, 6.45) is -0.546. The number of carbonyl (C=O) groups excluding carboxylic acids is 1. The zero-order chi connectivity index (χ0) is 13.7. The number of rotatable bonds is 4. The summed E-state index contributed by atoms with van der Waals surface area (Å²) in [6, 6.07) is 5.61. The Balaban J connectivity index is 2.92. The van der Waals surface area contributed by atoms with Crippen molar-refractivity contribution in [2.45, 2.75) is 33.8 Å². The number of carbonyl (C=O) groups is 1. The fourth-order valence-electron chi connectivity index (χ4n) is 1.75. The molecule has 4 heteroatoms. The van der Waals surface area contributed by atoms with E-state index in [0.717, 1.165) is 11.1 Å². The van der Waals surface area contributed by atoms with Crippen molar-refractivity contribution < 1.29 is 9.53 Å². The summed E-state index contributed by atoms with van der Waals surface area (Å²) in [5, 5.41) is 11.6. The molecular weight excluding hydrogens is 228 g/mol. The molecule has 0 fully saturated rings. The van der Waals surface area contributed by atoms with Crippen LogP contribution in [0.15, 0.2) is 12.1 Å². The van der Waals surface area contributed by atoms with Gasteiger partial charge in [-0.3, -0.25) is 4.79 Å². The van der Waals surface area contributed by atoms with E-state index in [4.69, 9.17) is 10.00 Å². The lowest BCUT2D eigenvalue weighted by Gasteiger charge is -2.17. The van der Waals surface area contributed by atoms with Crippen LogP contribution < -0.4 is 10.1 Å². The third-order valence-electron chi connectivity index (χ3n) is 2.60. The zero-order valence-electron chi connectivity index (χ0n) is 11.2. The molecule has 1 unspecified atom stereocenters. The fourth-order valence-corrected chi connectivity index (χ4v) is 1.75. The van der Waals surface area contributed by atoms with Crippen molar-refractivity contribution in [2.75, 3.05) is 6.54 Å². The molecule has 0 aliphatic carbocycles. The van der Waals surface area contributed by atoms with Crippen LogP contribution in [0, 0.1) is 25.2 Å². The molecule has 18 heavy (non-hydrogen) atoms. The Morgan fingerprint density at radius 2 is 2.00 bits per heavy atom. The van der Waals surface area contributed by atoms with Crippen molar-refractivity contribution in [3.8, 4) is 11.8 Å². The highest BCUT2D eigenvalue weighted by Gasteiger charge is 2.16. The van der Waals surface area contributed by atoms with E-state index in [1.54, 1.807) is 19.1 Å². The van der Waals surface area contributed by atoms with Crippen LogP contribution in [0.4, 0.5) is 0 Å². The summed E-state index contributed by atoms with van der Waals surface area (Å²) in [5.41, 5.74) is 2.33. The van der Waals surface area contributed by atoms with Crippen LogP contribution in [0.5, 0.6) is 5.75 Å². The van der Waals surface area contributed by atoms with Crippen LogP contribution in [0.1, 0.15) is 30.5 Å². The number of amides is 1. The molecule has 1 aromatic carbocycles. The summed E-state index contributed by atoms with van der Waals surface area (Å²) in [6.45, 7) is 7.89. The molecule has 0 aliphatic rings. The first kappa shape index (κ1) is 14.0. The largest absolute Gasteiger partial charge is 0.480 e. The molecule has 0 aliphatic heterocycles. The number of nitriles is 1. The van der Waals surface area contributed by atoms with Crippen molar-refractivity contribution in [3.05, 3.63) is 28.8 Å². The molecule has 96 valence electrons. The van der Waals surface area contributed by atoms with E-state index in [1.807, 2.05) is 20.8 Å². The second-order valence-corrected chi connectivity index (χ2v) is 4.21. The highest BCUT2D eigenvalue weighted by Crippen LogP contribution is 2.25. The van der Waals surface area contributed by atoms with Gasteiger partial charge in [0.2, 0.25) is 0 Å². The molecule has 0 radical (unpaired) electrons. The topological polar surface area (TPSA) is 62.1 Å². The van der Waals surface area contributed by atoms with E-state index < -0.39 is 6.10 Å². The van der Waals surface area contributed by atoms with Gasteiger partial charge in [-0.2, -0.15) is 5.26 Å². The Labute approximate surface area is 108 Å². The van der Waals surface area contributed by atoms with Gasteiger partial charge in [0.05, 0.1) is 11.6 Å². The lowest BCUT2D eigenvalue weighted by molar-refractivity contribution is -0.127. The Hall–Kier alpha value is -2.02. The lowest BCUT2D eigenvalue weighted by atomic mass is 10.1. The molecule has 1 amide bonds. The van der Waals surface area contributed by atoms with E-state index in [9.17, 15) is 4.79 Å². The van der Waals surface area contributed by atoms with Gasteiger partial charge in [0, 0.05) is 6.54 Å². The predicted molar refractivity (Wildman–Crippen MR) is 69.4 cm³/mol. The SMILES string of the molecule is CCNC(=O)C(C)Oc1c(C)cc(C#N)cc1C. The van der Waals surface area contributed by atoms with Crippen LogP contribution in [0.2, 0.25) is 0 Å². The number of aryl methyl sites for hydroxylation is 2. The maximum atomic E-state index is 11.6. The molecule has 0 bridgehead atoms. The van der Waals surface area contributed by atoms with Crippen molar-refractivity contribution in [2.24, 2.45) is 0 Å². The van der Waals surface area contributed by atoms with E-state index in [0.29, 0.717) is 17.9 Å². The lowest BCUT2D eigenvalue weighted by Crippen LogP contribution is -2.36. The van der Waals surface area contributed by atoms with Gasteiger partial charge < -0.3 is 10.1 Å². The molecule has 1 aromatic rings. The van der Waals surface area contributed by atoms with Crippen LogP contribution in [0.25, 0.3) is 0 Å². The average molecular weight is 246 g/mol. The van der Waals surface area contributed by atoms with Crippen LogP contribution >= 0.6 is 0 Å². The Bertz CT molecular complexity index is 466. The second kappa shape index (κ2) is 6.06. The number of ether oxygens (including phenoxy) is 1. The summed E-state index contributed by atoms with van der Waals surface area (Å²) >= 11 is 0. The minimum absolute atomic E-state index is 0.138. The van der Waals surface area contributed by atoms with Crippen molar-refractivity contribution in [1.29, 1.82) is 5.26 Å². The Kier molecular flexibility index (Phi) is 4.73. The van der Waals surface area contributed by atoms with Gasteiger partial charge in [0.1, 0.15) is 5.75 Å². The summed E-state index contributed by atoms with van der Waals surface area (Å²) in [4.78, 5) is 11.6. The number of nitrogens with zero attached hydrogens (tertiary/aromatic N) is 1. The minimum atomic E-state index is -0.546. The predicted octanol–water partition coefficient (Wildman–Crippen LogP) is 2.08. The first-order chi connectivity index (χ1) is 8.49. The smallest absolute Gasteiger partial charge is 0.260 e. The highest BCUT2D eigenvalue weighted by atomic mass is 16.5. The molecule has 0 spiro atoms. The number of benzene rings is 1. The maximum Gasteiger partial charge on any atom is 0.260 e. The van der Waals surface area contributed by atoms with Gasteiger partial charge in [0.15, 0.2) is 6.10 Å². The van der Waals surface area contributed by atoms with Crippen LogP contribution in [-0.2, 0) is 4.79 Å². The van der Waals surface area contributed by atoms with Crippen LogP contribution in [0.3, 0.4) is 0 Å². The third kappa shape index (κ3) is 3.24. The van der Waals surface area contributed by atoms with E-state index in [1.165, 1.54) is 0 Å². The Morgan fingerprint density at radius 1 is 1.44 bits per heavy atom. The minimum Gasteiger partial charge on any atom is -0.480 e. The molecule has 0 heterocycles. The monoisotopic (exact) mass is 246 g/mol. The van der Waals surface area contributed by atoms with Crippen molar-refractivity contribution >= 4 is 5.91 Å². The summed E-state index contributed by atoms with van der Waals surface area (Å²) in [5.74, 6) is 0.536. The first-order valence-corrected chi connectivity index (χ1v) is 5.95. The summed E-state index contributed by atoms with van der Waals surface area (Å²) < 4.78 is 5.67. The molecule has 1 rings (SSSR count). The molecule has 0 aromatic heterocycles. The molecule has 0 saturated heterocycles. The molecule has 1 N–H and O–H groups in total. The van der Waals surface area contributed by atoms with Crippen LogP contribution in [-0.4, -0.2) is 18.6 Å².